The number of aryl methyl sites for hydroxylation is 1. The quantitative estimate of drug-likeness (QED) is 0.211. The van der Waals surface area contributed by atoms with E-state index in [1.54, 1.807) is 41.5 Å². The Labute approximate surface area is 235 Å². The van der Waals surface area contributed by atoms with E-state index in [9.17, 15) is 14.7 Å². The summed E-state index contributed by atoms with van der Waals surface area (Å²) in [5.74, 6) is -0.462. The highest BCUT2D eigenvalue weighted by Crippen LogP contribution is 2.40. The van der Waals surface area contributed by atoms with Crippen molar-refractivity contribution in [3.8, 4) is 0 Å². The number of carbonyl (C=O) groups excluding carboxylic acids is 2. The number of nitrogens with zero attached hydrogens (tertiary/aromatic N) is 2. The summed E-state index contributed by atoms with van der Waals surface area (Å²) in [5.41, 5.74) is 3.33. The van der Waals surface area contributed by atoms with E-state index in [1.165, 1.54) is 7.11 Å². The van der Waals surface area contributed by atoms with Crippen LogP contribution >= 0.6 is 0 Å². The van der Waals surface area contributed by atoms with Crippen LogP contribution in [0.1, 0.15) is 59.3 Å². The van der Waals surface area contributed by atoms with Crippen LogP contribution in [0, 0.1) is 12.8 Å². The van der Waals surface area contributed by atoms with E-state index in [0.29, 0.717) is 18.4 Å². The lowest BCUT2D eigenvalue weighted by atomic mass is 9.82. The molecule has 2 aromatic carbocycles. The lowest BCUT2D eigenvalue weighted by Crippen LogP contribution is -2.52. The van der Waals surface area contributed by atoms with Gasteiger partial charge >= 0.3 is 5.97 Å². The number of likely N-dealkylation sites (tertiary alicyclic amines) is 1. The van der Waals surface area contributed by atoms with E-state index < -0.39 is 24.2 Å². The van der Waals surface area contributed by atoms with Crippen molar-refractivity contribution in [3.63, 3.8) is 0 Å². The highest BCUT2D eigenvalue weighted by Gasteiger charge is 2.43. The summed E-state index contributed by atoms with van der Waals surface area (Å²) in [6.45, 7) is 7.66. The van der Waals surface area contributed by atoms with Gasteiger partial charge in [-0.25, -0.2) is 4.79 Å². The standard InChI is InChI=1S/C32H38N2O6/c1-5-6-26-16-18-28(29(20-35)39-26)40-33-19-23-10-14-25(15-11-23)31(36)34-27(32(37)38-4)17-9-22(3)30(34)24-12-7-21(2)8-13-24/h5,7-8,10-16,18-19,22,26-30,35H,1,6,9,17,20H2,2-4H3/t22-,26+,27-,28-,29+,30-/m0/s1. The average molecular weight is 547 g/mol. The zero-order valence-corrected chi connectivity index (χ0v) is 23.3. The van der Waals surface area contributed by atoms with Crippen molar-refractivity contribution in [3.05, 3.63) is 95.6 Å². The van der Waals surface area contributed by atoms with E-state index in [2.05, 4.69) is 18.7 Å². The number of ether oxygens (including phenoxy) is 2. The Hall–Kier alpha value is -3.75. The molecule has 8 nitrogen and oxygen atoms in total. The molecule has 0 saturated carbocycles. The monoisotopic (exact) mass is 546 g/mol. The Morgan fingerprint density at radius 3 is 2.50 bits per heavy atom. The summed E-state index contributed by atoms with van der Waals surface area (Å²) in [4.78, 5) is 33.9. The summed E-state index contributed by atoms with van der Waals surface area (Å²) in [6.07, 6.45) is 7.84. The number of benzene rings is 2. The Kier molecular flexibility index (Phi) is 9.90. The number of hydrogen-bond donors (Lipinski definition) is 1. The molecular weight excluding hydrogens is 508 g/mol. The minimum absolute atomic E-state index is 0.143. The molecule has 0 unspecified atom stereocenters. The number of aliphatic hydroxyl groups is 1. The predicted molar refractivity (Wildman–Crippen MR) is 153 cm³/mol. The van der Waals surface area contributed by atoms with Gasteiger partial charge in [-0.2, -0.15) is 0 Å². The molecule has 1 N–H and O–H groups in total. The number of esters is 1. The van der Waals surface area contributed by atoms with E-state index >= 15 is 0 Å². The molecule has 2 aliphatic heterocycles. The van der Waals surface area contributed by atoms with Gasteiger partial charge in [0.25, 0.3) is 5.91 Å². The van der Waals surface area contributed by atoms with Crippen molar-refractivity contribution in [1.29, 1.82) is 0 Å². The van der Waals surface area contributed by atoms with Crippen LogP contribution in [0.5, 0.6) is 0 Å². The molecule has 0 spiro atoms. The van der Waals surface area contributed by atoms with Crippen LogP contribution in [0.2, 0.25) is 0 Å². The molecule has 0 radical (unpaired) electrons. The first-order chi connectivity index (χ1) is 19.4. The first kappa shape index (κ1) is 29.2. The topological polar surface area (TPSA) is 97.7 Å². The zero-order chi connectivity index (χ0) is 28.6. The van der Waals surface area contributed by atoms with Crippen molar-refractivity contribution < 1.29 is 29.0 Å². The number of oxime groups is 1. The van der Waals surface area contributed by atoms with Gasteiger partial charge in [0.15, 0.2) is 6.10 Å². The second-order valence-electron chi connectivity index (χ2n) is 10.4. The first-order valence-corrected chi connectivity index (χ1v) is 13.7. The minimum atomic E-state index is -0.661. The molecule has 0 aliphatic carbocycles. The lowest BCUT2D eigenvalue weighted by Gasteiger charge is -2.44. The number of aliphatic hydroxyl groups excluding tert-OH is 1. The van der Waals surface area contributed by atoms with Gasteiger partial charge < -0.3 is 24.3 Å². The number of piperidine rings is 1. The molecule has 1 saturated heterocycles. The van der Waals surface area contributed by atoms with Crippen molar-refractivity contribution in [2.24, 2.45) is 11.1 Å². The lowest BCUT2D eigenvalue weighted by molar-refractivity contribution is -0.149. The summed E-state index contributed by atoms with van der Waals surface area (Å²) < 4.78 is 10.9. The third kappa shape index (κ3) is 6.69. The van der Waals surface area contributed by atoms with E-state index in [0.717, 1.165) is 23.1 Å². The normalized spacial score (nSPS) is 26.4. The minimum Gasteiger partial charge on any atom is -0.467 e. The molecule has 8 heteroatoms. The van der Waals surface area contributed by atoms with Crippen LogP contribution in [0.3, 0.4) is 0 Å². The molecule has 1 fully saturated rings. The maximum absolute atomic E-state index is 13.9. The van der Waals surface area contributed by atoms with Crippen molar-refractivity contribution in [1.82, 2.24) is 4.90 Å². The summed E-state index contributed by atoms with van der Waals surface area (Å²) >= 11 is 0. The van der Waals surface area contributed by atoms with Gasteiger partial charge in [-0.1, -0.05) is 66.2 Å². The zero-order valence-electron chi connectivity index (χ0n) is 23.3. The predicted octanol–water partition coefficient (Wildman–Crippen LogP) is 4.76. The third-order valence-corrected chi connectivity index (χ3v) is 7.55. The molecule has 2 aliphatic rings. The van der Waals surface area contributed by atoms with Crippen molar-refractivity contribution >= 4 is 18.1 Å². The Balaban J connectivity index is 1.51. The van der Waals surface area contributed by atoms with Crippen LogP contribution in [-0.4, -0.2) is 66.2 Å². The molecule has 4 rings (SSSR count). The van der Waals surface area contributed by atoms with Crippen LogP contribution in [-0.2, 0) is 19.1 Å². The smallest absolute Gasteiger partial charge is 0.328 e. The number of carbonyl (C=O) groups is 2. The first-order valence-electron chi connectivity index (χ1n) is 13.7. The molecule has 6 atom stereocenters. The van der Waals surface area contributed by atoms with Crippen molar-refractivity contribution in [2.45, 2.75) is 63.5 Å². The average Bonchev–Trinajstić information content (AvgIpc) is 2.98. The maximum atomic E-state index is 13.9. The van der Waals surface area contributed by atoms with Gasteiger partial charge in [-0.05, 0) is 61.4 Å². The molecular formula is C32H38N2O6. The Morgan fingerprint density at radius 2 is 1.85 bits per heavy atom. The van der Waals surface area contributed by atoms with Gasteiger partial charge in [-0.15, -0.1) is 6.58 Å². The van der Waals surface area contributed by atoms with Crippen LogP contribution in [0.15, 0.2) is 78.5 Å². The SMILES string of the molecule is C=CC[C@@H]1C=C[C@H](ON=Cc2ccc(C(=O)N3[C@H](c4ccc(C)cc4)[C@@H](C)CC[C@H]3C(=O)OC)cc2)[C@@H](CO)O1. The molecule has 0 bridgehead atoms. The molecule has 2 aromatic rings. The fourth-order valence-corrected chi connectivity index (χ4v) is 5.35. The van der Waals surface area contributed by atoms with Gasteiger partial charge in [-0.3, -0.25) is 4.79 Å². The number of hydrogen-bond acceptors (Lipinski definition) is 7. The molecule has 0 aromatic heterocycles. The maximum Gasteiger partial charge on any atom is 0.328 e. The second-order valence-corrected chi connectivity index (χ2v) is 10.4. The second kappa shape index (κ2) is 13.5. The fraction of sp³-hybridized carbons (Fsp3) is 0.406. The Bertz CT molecular complexity index is 1220. The van der Waals surface area contributed by atoms with Crippen LogP contribution in [0.25, 0.3) is 0 Å². The number of amides is 1. The van der Waals surface area contributed by atoms with Crippen LogP contribution in [0.4, 0.5) is 0 Å². The van der Waals surface area contributed by atoms with E-state index in [-0.39, 0.29) is 30.6 Å². The summed E-state index contributed by atoms with van der Waals surface area (Å²) in [5, 5.41) is 13.7. The molecule has 212 valence electrons. The molecule has 40 heavy (non-hydrogen) atoms. The Morgan fingerprint density at radius 1 is 1.12 bits per heavy atom. The summed E-state index contributed by atoms with van der Waals surface area (Å²) in [7, 11) is 1.36. The van der Waals surface area contributed by atoms with Gasteiger partial charge in [0.1, 0.15) is 12.1 Å². The largest absolute Gasteiger partial charge is 0.467 e. The number of rotatable bonds is 9. The highest BCUT2D eigenvalue weighted by molar-refractivity contribution is 5.98. The van der Waals surface area contributed by atoms with Gasteiger partial charge in [0.05, 0.1) is 32.1 Å². The van der Waals surface area contributed by atoms with Crippen LogP contribution < -0.4 is 0 Å². The van der Waals surface area contributed by atoms with E-state index in [4.69, 9.17) is 14.3 Å². The summed E-state index contributed by atoms with van der Waals surface area (Å²) in [6, 6.07) is 14.2. The van der Waals surface area contributed by atoms with E-state index in [1.807, 2.05) is 43.3 Å². The van der Waals surface area contributed by atoms with Crippen molar-refractivity contribution in [2.75, 3.05) is 13.7 Å². The molecule has 2 heterocycles. The number of methoxy groups -OCH3 is 1. The fourth-order valence-electron chi connectivity index (χ4n) is 5.35. The van der Waals surface area contributed by atoms with Gasteiger partial charge in [0.2, 0.25) is 0 Å². The highest BCUT2D eigenvalue weighted by atomic mass is 16.7. The van der Waals surface area contributed by atoms with Gasteiger partial charge in [0, 0.05) is 5.56 Å². The third-order valence-electron chi connectivity index (χ3n) is 7.55. The molecule has 1 amide bonds.